The summed E-state index contributed by atoms with van der Waals surface area (Å²) in [6.07, 6.45) is 1.73. The molecule has 0 aromatic heterocycles. The summed E-state index contributed by atoms with van der Waals surface area (Å²) in [7, 11) is -2.67. The lowest BCUT2D eigenvalue weighted by Crippen LogP contribution is -2.50. The van der Waals surface area contributed by atoms with Crippen molar-refractivity contribution < 1.29 is 47.3 Å². The van der Waals surface area contributed by atoms with Crippen molar-refractivity contribution in [2.75, 3.05) is 46.4 Å². The first-order chi connectivity index (χ1) is 21.9. The van der Waals surface area contributed by atoms with Gasteiger partial charge in [-0.15, -0.1) is 0 Å². The summed E-state index contributed by atoms with van der Waals surface area (Å²) in [5.74, 6) is -2.90. The molecule has 0 saturated heterocycles. The summed E-state index contributed by atoms with van der Waals surface area (Å²) in [4.78, 5) is 60.7. The van der Waals surface area contributed by atoms with Gasteiger partial charge in [0.15, 0.2) is 5.78 Å². The van der Waals surface area contributed by atoms with Crippen LogP contribution in [0, 0.1) is 10.8 Å². The van der Waals surface area contributed by atoms with Gasteiger partial charge < -0.3 is 36.6 Å². The van der Waals surface area contributed by atoms with Gasteiger partial charge in [0.25, 0.3) is 0 Å². The minimum atomic E-state index is -3.99. The van der Waals surface area contributed by atoms with Crippen LogP contribution in [0.3, 0.4) is 0 Å². The van der Waals surface area contributed by atoms with E-state index < -0.39 is 62.0 Å². The minimum Gasteiger partial charge on any atom is -0.461 e. The number of nitrogens with one attached hydrogen (secondary N) is 3. The van der Waals surface area contributed by atoms with Crippen molar-refractivity contribution in [3.8, 4) is 0 Å². The lowest BCUT2D eigenvalue weighted by atomic mass is 9.67. The molecule has 15 nitrogen and oxygen atoms in total. The molecule has 1 aromatic carbocycles. The highest BCUT2D eigenvalue weighted by Crippen LogP contribution is 2.65. The number of carbonyl (C=O) groups excluding carboxylic acids is 5. The van der Waals surface area contributed by atoms with Gasteiger partial charge in [0, 0.05) is 31.1 Å². The van der Waals surface area contributed by atoms with E-state index in [1.165, 1.54) is 38.2 Å². The smallest absolute Gasteiger partial charge is 0.338 e. The molecule has 3 amide bonds. The molecule has 7 N–H and O–H groups in total. The fraction of sp³-hybridized carbons (Fsp3) is 0.516. The Kier molecular flexibility index (Phi) is 10.1. The summed E-state index contributed by atoms with van der Waals surface area (Å²) >= 11 is 0. The second kappa shape index (κ2) is 13.3. The van der Waals surface area contributed by atoms with Crippen LogP contribution >= 0.6 is 0 Å². The minimum absolute atomic E-state index is 0.0555. The average Bonchev–Trinajstić information content (AvgIpc) is 3.82. The van der Waals surface area contributed by atoms with Crippen LogP contribution in [-0.2, 0) is 33.9 Å². The first-order valence-electron chi connectivity index (χ1n) is 15.0. The van der Waals surface area contributed by atoms with Gasteiger partial charge in [0.1, 0.15) is 12.2 Å². The molecule has 0 bridgehead atoms. The van der Waals surface area contributed by atoms with Crippen LogP contribution in [0.5, 0.6) is 0 Å². The number of hydrogen-bond donors (Lipinski definition) is 6. The molecule has 3 aliphatic carbocycles. The Hall–Kier alpha value is -3.96. The molecule has 47 heavy (non-hydrogen) atoms. The van der Waals surface area contributed by atoms with Gasteiger partial charge >= 0.3 is 5.97 Å². The highest BCUT2D eigenvalue weighted by molar-refractivity contribution is 7.89. The van der Waals surface area contributed by atoms with Crippen molar-refractivity contribution in [2.45, 2.75) is 50.2 Å². The van der Waals surface area contributed by atoms with E-state index in [2.05, 4.69) is 16.0 Å². The molecule has 0 heterocycles. The molecule has 1 aromatic rings. The van der Waals surface area contributed by atoms with Gasteiger partial charge in [-0.1, -0.05) is 11.6 Å². The molecule has 4 rings (SSSR count). The van der Waals surface area contributed by atoms with E-state index >= 15 is 0 Å². The predicted molar refractivity (Wildman–Crippen MR) is 167 cm³/mol. The fourth-order valence-corrected chi connectivity index (χ4v) is 7.21. The number of rotatable bonds is 13. The molecule has 1 saturated carbocycles. The number of esters is 1. The van der Waals surface area contributed by atoms with Gasteiger partial charge in [0.05, 0.1) is 41.6 Å². The zero-order valence-corrected chi connectivity index (χ0v) is 27.5. The zero-order valence-electron chi connectivity index (χ0n) is 26.7. The number of hydrogen-bond acceptors (Lipinski definition) is 11. The summed E-state index contributed by atoms with van der Waals surface area (Å²) in [6, 6.07) is 5.07. The van der Waals surface area contributed by atoms with Gasteiger partial charge in [-0.25, -0.2) is 13.2 Å². The summed E-state index contributed by atoms with van der Waals surface area (Å²) in [5, 5.41) is 29.3. The van der Waals surface area contributed by atoms with E-state index in [0.29, 0.717) is 18.4 Å². The van der Waals surface area contributed by atoms with E-state index in [4.69, 9.17) is 10.5 Å². The molecule has 1 fully saturated rings. The number of ketones is 1. The third-order valence-corrected chi connectivity index (χ3v) is 11.2. The zero-order chi connectivity index (χ0) is 34.9. The maximum absolute atomic E-state index is 13.2. The van der Waals surface area contributed by atoms with Crippen LogP contribution in [0.1, 0.15) is 44.0 Å². The molecule has 3 atom stereocenters. The number of nitrogens with two attached hydrogens (primary N) is 1. The maximum Gasteiger partial charge on any atom is 0.338 e. The number of benzene rings is 1. The summed E-state index contributed by atoms with van der Waals surface area (Å²) in [6.45, 7) is 3.58. The normalized spacial score (nSPS) is 24.5. The van der Waals surface area contributed by atoms with Crippen molar-refractivity contribution in [1.82, 2.24) is 20.3 Å². The van der Waals surface area contributed by atoms with E-state index in [1.54, 1.807) is 13.0 Å². The predicted octanol–water partition coefficient (Wildman–Crippen LogP) is -1.49. The molecule has 16 heteroatoms. The number of Topliss-reactive ketones (excluding diaryl/α,β-unsaturated/α-hetero) is 1. The van der Waals surface area contributed by atoms with Crippen LogP contribution in [-0.4, -0.2) is 110 Å². The molecule has 3 aliphatic rings. The number of fused-ring (bicyclic) bond motifs is 1. The Bertz CT molecular complexity index is 1650. The number of amides is 3. The lowest BCUT2D eigenvalue weighted by Gasteiger charge is -2.39. The monoisotopic (exact) mass is 675 g/mol. The standard InChI is InChI=1S/C31H41N5O10S/c1-18-25-21(26(40)30(3,43)31(18)9-10-31)13-29(2,27(25)41)17-46-28(42)19-5-7-20(8-6-19)47(44,45)36(4)12-11-33-23(38)15-35-24(39)16-34-22(37)14-32/h5-8,13,27,41,43H,9-12,14-17,32H2,1-4H3,(H,33,38)(H,34,37)(H,35,39). The molecule has 1 spiro atoms. The second-order valence-electron chi connectivity index (χ2n) is 12.5. The van der Waals surface area contributed by atoms with Crippen LogP contribution in [0.15, 0.2) is 52.0 Å². The Labute approximate surface area is 272 Å². The maximum atomic E-state index is 13.2. The van der Waals surface area contributed by atoms with Crippen LogP contribution in [0.2, 0.25) is 0 Å². The van der Waals surface area contributed by atoms with Gasteiger partial charge in [-0.3, -0.25) is 19.2 Å². The average molecular weight is 676 g/mol. The number of aliphatic hydroxyl groups is 2. The summed E-state index contributed by atoms with van der Waals surface area (Å²) in [5.41, 5.74) is 3.30. The van der Waals surface area contributed by atoms with Crippen LogP contribution < -0.4 is 21.7 Å². The molecule has 0 aliphatic heterocycles. The largest absolute Gasteiger partial charge is 0.461 e. The number of ether oxygens (including phenoxy) is 1. The summed E-state index contributed by atoms with van der Waals surface area (Å²) < 4.78 is 32.6. The van der Waals surface area contributed by atoms with Crippen LogP contribution in [0.4, 0.5) is 0 Å². The number of nitrogens with zero attached hydrogens (tertiary/aromatic N) is 1. The molecular weight excluding hydrogens is 634 g/mol. The van der Waals surface area contributed by atoms with Crippen LogP contribution in [0.25, 0.3) is 0 Å². The van der Waals surface area contributed by atoms with E-state index in [1.807, 2.05) is 6.92 Å². The molecule has 3 unspecified atom stereocenters. The first kappa shape index (κ1) is 35.9. The van der Waals surface area contributed by atoms with Crippen molar-refractivity contribution in [2.24, 2.45) is 16.6 Å². The van der Waals surface area contributed by atoms with E-state index in [9.17, 15) is 42.6 Å². The number of aliphatic hydroxyl groups excluding tert-OH is 1. The third kappa shape index (κ3) is 6.87. The lowest BCUT2D eigenvalue weighted by molar-refractivity contribution is -0.138. The van der Waals surface area contributed by atoms with Crippen molar-refractivity contribution in [3.63, 3.8) is 0 Å². The first-order valence-corrected chi connectivity index (χ1v) is 16.5. The Morgan fingerprint density at radius 1 is 1.02 bits per heavy atom. The molecule has 256 valence electrons. The van der Waals surface area contributed by atoms with E-state index in [0.717, 1.165) is 9.88 Å². The Balaban J connectivity index is 1.29. The van der Waals surface area contributed by atoms with Gasteiger partial charge in [0.2, 0.25) is 27.7 Å². The van der Waals surface area contributed by atoms with Crippen molar-refractivity contribution in [3.05, 3.63) is 52.6 Å². The fourth-order valence-electron chi connectivity index (χ4n) is 6.04. The quantitative estimate of drug-likeness (QED) is 0.132. The highest BCUT2D eigenvalue weighted by atomic mass is 32.2. The molecule has 0 radical (unpaired) electrons. The molecular formula is C31H41N5O10S. The number of carbonyl (C=O) groups is 5. The third-order valence-electron chi connectivity index (χ3n) is 9.29. The number of sulfonamides is 1. The second-order valence-corrected chi connectivity index (χ2v) is 14.6. The Morgan fingerprint density at radius 3 is 2.17 bits per heavy atom. The van der Waals surface area contributed by atoms with Gasteiger partial charge in [-0.2, -0.15) is 4.31 Å². The van der Waals surface area contributed by atoms with Gasteiger partial charge in [-0.05, 0) is 63.5 Å². The van der Waals surface area contributed by atoms with E-state index in [-0.39, 0.29) is 55.4 Å². The highest BCUT2D eigenvalue weighted by Gasteiger charge is 2.66. The van der Waals surface area contributed by atoms with Crippen molar-refractivity contribution in [1.29, 1.82) is 0 Å². The Morgan fingerprint density at radius 2 is 1.60 bits per heavy atom. The topological polar surface area (TPSA) is 235 Å². The van der Waals surface area contributed by atoms with Crippen molar-refractivity contribution >= 4 is 39.5 Å². The SMILES string of the molecule is CC1=C2C(=CC(C)(COC(=O)c3ccc(S(=O)(=O)N(C)CCNC(=O)CNC(=O)CNC(=O)CN)cc3)C2O)C(=O)C(C)(O)C12CC2. The number of likely N-dealkylation sites (N-methyl/N-ethyl adjacent to an activating group) is 1.